The zero-order valence-electron chi connectivity index (χ0n) is 10.6. The van der Waals surface area contributed by atoms with Crippen LogP contribution in [-0.2, 0) is 14.3 Å². The molecule has 1 aliphatic heterocycles. The van der Waals surface area contributed by atoms with Gasteiger partial charge in [0.05, 0.1) is 6.10 Å². The SMILES string of the molecule is C#CCCCCC(=O)N1CC(OC)CC1C(=O)O. The van der Waals surface area contributed by atoms with Crippen LogP contribution >= 0.6 is 0 Å². The highest BCUT2D eigenvalue weighted by Crippen LogP contribution is 2.21. The van der Waals surface area contributed by atoms with Crippen LogP contribution in [0.2, 0.25) is 0 Å². The standard InChI is InChI=1S/C13H19NO4/c1-3-4-5-6-7-12(15)14-9-10(18-2)8-11(14)13(16)17/h1,10-11H,4-9H2,2H3,(H,16,17). The molecule has 0 aromatic heterocycles. The van der Waals surface area contributed by atoms with E-state index >= 15 is 0 Å². The molecule has 0 aromatic rings. The quantitative estimate of drug-likeness (QED) is 0.563. The summed E-state index contributed by atoms with van der Waals surface area (Å²) in [5.74, 6) is 1.42. The van der Waals surface area contributed by atoms with Gasteiger partial charge in [0.15, 0.2) is 0 Å². The minimum atomic E-state index is -0.966. The highest BCUT2D eigenvalue weighted by molar-refractivity contribution is 5.84. The Morgan fingerprint density at radius 1 is 1.50 bits per heavy atom. The number of nitrogens with zero attached hydrogens (tertiary/aromatic N) is 1. The van der Waals surface area contributed by atoms with Crippen molar-refractivity contribution in [3.8, 4) is 12.3 Å². The maximum atomic E-state index is 11.9. The number of aliphatic carboxylic acids is 1. The Morgan fingerprint density at radius 2 is 2.22 bits per heavy atom. The lowest BCUT2D eigenvalue weighted by Crippen LogP contribution is -2.40. The van der Waals surface area contributed by atoms with Crippen molar-refractivity contribution in [2.24, 2.45) is 0 Å². The van der Waals surface area contributed by atoms with E-state index in [2.05, 4.69) is 5.92 Å². The van der Waals surface area contributed by atoms with Crippen molar-refractivity contribution in [3.63, 3.8) is 0 Å². The molecule has 100 valence electrons. The Labute approximate surface area is 107 Å². The first kappa shape index (κ1) is 14.5. The van der Waals surface area contributed by atoms with E-state index < -0.39 is 12.0 Å². The van der Waals surface area contributed by atoms with Crippen LogP contribution in [0.15, 0.2) is 0 Å². The molecule has 0 aromatic carbocycles. The summed E-state index contributed by atoms with van der Waals surface area (Å²) in [6, 6.07) is -0.755. The molecule has 1 N–H and O–H groups in total. The van der Waals surface area contributed by atoms with E-state index in [1.807, 2.05) is 0 Å². The van der Waals surface area contributed by atoms with Crippen LogP contribution in [0.5, 0.6) is 0 Å². The Hall–Kier alpha value is -1.54. The van der Waals surface area contributed by atoms with Crippen molar-refractivity contribution in [2.45, 2.75) is 44.2 Å². The predicted octanol–water partition coefficient (Wildman–Crippen LogP) is 0.881. The highest BCUT2D eigenvalue weighted by atomic mass is 16.5. The van der Waals surface area contributed by atoms with Crippen molar-refractivity contribution >= 4 is 11.9 Å². The number of rotatable bonds is 6. The first-order valence-electron chi connectivity index (χ1n) is 6.08. The van der Waals surface area contributed by atoms with Gasteiger partial charge in [-0.05, 0) is 12.8 Å². The van der Waals surface area contributed by atoms with Crippen LogP contribution in [0.1, 0.15) is 32.1 Å². The van der Waals surface area contributed by atoms with Gasteiger partial charge in [-0.2, -0.15) is 0 Å². The third-order valence-corrected chi connectivity index (χ3v) is 3.16. The van der Waals surface area contributed by atoms with Crippen LogP contribution < -0.4 is 0 Å². The normalized spacial score (nSPS) is 22.8. The lowest BCUT2D eigenvalue weighted by Gasteiger charge is -2.21. The summed E-state index contributed by atoms with van der Waals surface area (Å²) in [5, 5.41) is 9.08. The Kier molecular flexibility index (Phi) is 5.66. The number of carboxylic acid groups (broad SMARTS) is 1. The van der Waals surface area contributed by atoms with Gasteiger partial charge in [0.2, 0.25) is 5.91 Å². The summed E-state index contributed by atoms with van der Waals surface area (Å²) in [4.78, 5) is 24.4. The van der Waals surface area contributed by atoms with Crippen LogP contribution in [-0.4, -0.2) is 47.7 Å². The largest absolute Gasteiger partial charge is 0.480 e. The second-order valence-electron chi connectivity index (χ2n) is 4.40. The van der Waals surface area contributed by atoms with E-state index in [0.29, 0.717) is 32.2 Å². The summed E-state index contributed by atoms with van der Waals surface area (Å²) in [5.41, 5.74) is 0. The number of hydrogen-bond acceptors (Lipinski definition) is 3. The Bertz CT molecular complexity index is 347. The van der Waals surface area contributed by atoms with Gasteiger partial charge in [0, 0.05) is 32.9 Å². The zero-order valence-corrected chi connectivity index (χ0v) is 10.6. The number of hydrogen-bond donors (Lipinski definition) is 1. The molecule has 2 unspecified atom stereocenters. The summed E-state index contributed by atoms with van der Waals surface area (Å²) < 4.78 is 5.13. The molecular formula is C13H19NO4. The third-order valence-electron chi connectivity index (χ3n) is 3.16. The smallest absolute Gasteiger partial charge is 0.326 e. The molecule has 0 radical (unpaired) electrons. The number of unbranched alkanes of at least 4 members (excludes halogenated alkanes) is 2. The van der Waals surface area contributed by atoms with E-state index in [0.717, 1.165) is 6.42 Å². The number of amides is 1. The van der Waals surface area contributed by atoms with E-state index in [1.165, 1.54) is 12.0 Å². The van der Waals surface area contributed by atoms with Crippen molar-refractivity contribution in [1.29, 1.82) is 0 Å². The lowest BCUT2D eigenvalue weighted by atomic mass is 10.1. The second kappa shape index (κ2) is 7.02. The van der Waals surface area contributed by atoms with Crippen LogP contribution in [0.3, 0.4) is 0 Å². The number of carbonyl (C=O) groups is 2. The molecule has 0 saturated carbocycles. The molecule has 0 bridgehead atoms. The first-order chi connectivity index (χ1) is 8.60. The van der Waals surface area contributed by atoms with E-state index in [4.69, 9.17) is 16.3 Å². The summed E-state index contributed by atoms with van der Waals surface area (Å²) in [6.07, 6.45) is 7.80. The first-order valence-corrected chi connectivity index (χ1v) is 6.08. The number of terminal acetylenes is 1. The van der Waals surface area contributed by atoms with Crippen LogP contribution in [0, 0.1) is 12.3 Å². The number of carbonyl (C=O) groups excluding carboxylic acids is 1. The fourth-order valence-electron chi connectivity index (χ4n) is 2.12. The van der Waals surface area contributed by atoms with Gasteiger partial charge in [-0.3, -0.25) is 4.79 Å². The van der Waals surface area contributed by atoms with Crippen molar-refractivity contribution in [1.82, 2.24) is 4.90 Å². The molecule has 5 nitrogen and oxygen atoms in total. The number of ether oxygens (including phenoxy) is 1. The van der Waals surface area contributed by atoms with Gasteiger partial charge >= 0.3 is 5.97 Å². The Morgan fingerprint density at radius 3 is 2.78 bits per heavy atom. The molecule has 2 atom stereocenters. The van der Waals surface area contributed by atoms with Gasteiger partial charge in [-0.1, -0.05) is 0 Å². The van der Waals surface area contributed by atoms with Crippen molar-refractivity contribution < 1.29 is 19.4 Å². The molecule has 1 fully saturated rings. The Balaban J connectivity index is 2.49. The molecule has 0 aliphatic carbocycles. The topological polar surface area (TPSA) is 66.8 Å². The average Bonchev–Trinajstić information content (AvgIpc) is 2.78. The van der Waals surface area contributed by atoms with Crippen molar-refractivity contribution in [3.05, 3.63) is 0 Å². The predicted molar refractivity (Wildman–Crippen MR) is 65.9 cm³/mol. The zero-order chi connectivity index (χ0) is 13.5. The summed E-state index contributed by atoms with van der Waals surface area (Å²) in [6.45, 7) is 0.363. The maximum absolute atomic E-state index is 11.9. The van der Waals surface area contributed by atoms with E-state index in [-0.39, 0.29) is 12.0 Å². The molecule has 5 heteroatoms. The van der Waals surface area contributed by atoms with Gasteiger partial charge in [0.25, 0.3) is 0 Å². The number of carboxylic acids is 1. The second-order valence-corrected chi connectivity index (χ2v) is 4.40. The van der Waals surface area contributed by atoms with Crippen LogP contribution in [0.4, 0.5) is 0 Å². The highest BCUT2D eigenvalue weighted by Gasteiger charge is 2.39. The van der Waals surface area contributed by atoms with Gasteiger partial charge in [-0.25, -0.2) is 4.79 Å². The third kappa shape index (κ3) is 3.74. The fourth-order valence-corrected chi connectivity index (χ4v) is 2.12. The van der Waals surface area contributed by atoms with Gasteiger partial charge in [0.1, 0.15) is 6.04 Å². The summed E-state index contributed by atoms with van der Waals surface area (Å²) in [7, 11) is 1.53. The van der Waals surface area contributed by atoms with Gasteiger partial charge < -0.3 is 14.7 Å². The molecule has 1 aliphatic rings. The minimum Gasteiger partial charge on any atom is -0.480 e. The molecule has 1 saturated heterocycles. The maximum Gasteiger partial charge on any atom is 0.326 e. The lowest BCUT2D eigenvalue weighted by molar-refractivity contribution is -0.148. The average molecular weight is 253 g/mol. The van der Waals surface area contributed by atoms with Gasteiger partial charge in [-0.15, -0.1) is 12.3 Å². The number of likely N-dealkylation sites (tertiary alicyclic amines) is 1. The molecule has 0 spiro atoms. The molecule has 1 heterocycles. The van der Waals surface area contributed by atoms with E-state index in [1.54, 1.807) is 0 Å². The summed E-state index contributed by atoms with van der Waals surface area (Å²) >= 11 is 0. The molecule has 1 rings (SSSR count). The number of methoxy groups -OCH3 is 1. The van der Waals surface area contributed by atoms with Crippen LogP contribution in [0.25, 0.3) is 0 Å². The van der Waals surface area contributed by atoms with E-state index in [9.17, 15) is 9.59 Å². The molecule has 1 amide bonds. The molecular weight excluding hydrogens is 234 g/mol. The monoisotopic (exact) mass is 253 g/mol. The van der Waals surface area contributed by atoms with Crippen molar-refractivity contribution in [2.75, 3.05) is 13.7 Å². The minimum absolute atomic E-state index is 0.126. The fraction of sp³-hybridized carbons (Fsp3) is 0.692. The molecule has 18 heavy (non-hydrogen) atoms.